The van der Waals surface area contributed by atoms with Crippen molar-refractivity contribution in [3.05, 3.63) is 113 Å². The van der Waals surface area contributed by atoms with Gasteiger partial charge in [0, 0.05) is 0 Å². The fraction of sp³-hybridized carbons (Fsp3) is 0.250. The first-order valence-corrected chi connectivity index (χ1v) is 13.8. The van der Waals surface area contributed by atoms with Gasteiger partial charge in [0.2, 0.25) is 11.5 Å². The van der Waals surface area contributed by atoms with Crippen LogP contribution in [0, 0.1) is 6.57 Å². The van der Waals surface area contributed by atoms with E-state index < -0.39 is 30.1 Å². The molecule has 0 radical (unpaired) electrons. The van der Waals surface area contributed by atoms with Crippen molar-refractivity contribution in [1.29, 1.82) is 0 Å². The highest BCUT2D eigenvalue weighted by Gasteiger charge is 2.47. The number of benzene rings is 3. The molecule has 1 fully saturated rings. The van der Waals surface area contributed by atoms with E-state index in [9.17, 15) is 10.2 Å². The van der Waals surface area contributed by atoms with E-state index in [4.69, 9.17) is 31.3 Å². The molecule has 224 valence electrons. The van der Waals surface area contributed by atoms with Gasteiger partial charge in [-0.05, 0) is 41.0 Å². The molecule has 6 rings (SSSR count). The molecule has 4 atom stereocenters. The number of rotatable bonds is 9. The molecule has 0 unspecified atom stereocenters. The van der Waals surface area contributed by atoms with Gasteiger partial charge in [-0.2, -0.15) is 0 Å². The van der Waals surface area contributed by atoms with E-state index in [0.29, 0.717) is 11.5 Å². The number of methoxy groups -OCH3 is 2. The van der Waals surface area contributed by atoms with E-state index >= 15 is 0 Å². The summed E-state index contributed by atoms with van der Waals surface area (Å²) in [5.41, 5.74) is 7.72. The van der Waals surface area contributed by atoms with Crippen LogP contribution in [0.15, 0.2) is 85.2 Å². The Hall–Kier alpha value is -5.06. The predicted octanol–water partition coefficient (Wildman–Crippen LogP) is 3.60. The Morgan fingerprint density at radius 1 is 0.886 bits per heavy atom. The lowest BCUT2D eigenvalue weighted by Crippen LogP contribution is -2.39. The number of aromatic nitrogens is 4. The molecule has 3 heterocycles. The van der Waals surface area contributed by atoms with Crippen molar-refractivity contribution in [2.75, 3.05) is 26.6 Å². The van der Waals surface area contributed by atoms with Gasteiger partial charge in [0.05, 0.1) is 20.8 Å². The highest BCUT2D eigenvalue weighted by Crippen LogP contribution is 2.43. The summed E-state index contributed by atoms with van der Waals surface area (Å²) < 4.78 is 25.3. The summed E-state index contributed by atoms with van der Waals surface area (Å²) in [5.74, 6) is 1.23. The van der Waals surface area contributed by atoms with Gasteiger partial charge in [-0.3, -0.25) is 4.57 Å². The second-order valence-corrected chi connectivity index (χ2v) is 10.2. The number of anilines is 1. The van der Waals surface area contributed by atoms with Gasteiger partial charge in [0.25, 0.3) is 0 Å². The van der Waals surface area contributed by atoms with Crippen LogP contribution in [-0.2, 0) is 15.1 Å². The topological polar surface area (TPSA) is 151 Å². The second-order valence-electron chi connectivity index (χ2n) is 10.2. The number of fused-ring (bicyclic) bond motifs is 1. The van der Waals surface area contributed by atoms with Crippen molar-refractivity contribution in [1.82, 2.24) is 19.5 Å². The number of nitrogens with zero attached hydrogens (tertiary/aromatic N) is 5. The lowest BCUT2D eigenvalue weighted by molar-refractivity contribution is -0.0942. The fourth-order valence-electron chi connectivity index (χ4n) is 5.54. The van der Waals surface area contributed by atoms with Crippen LogP contribution in [0.25, 0.3) is 16.0 Å². The molecule has 3 aromatic carbocycles. The maximum Gasteiger partial charge on any atom is 0.375 e. The molecule has 0 aliphatic carbocycles. The maximum atomic E-state index is 11.2. The van der Waals surface area contributed by atoms with Crippen molar-refractivity contribution in [2.45, 2.75) is 30.1 Å². The lowest BCUT2D eigenvalue weighted by Gasteiger charge is -2.37. The third-order valence-corrected chi connectivity index (χ3v) is 7.79. The number of imidazole rings is 1. The van der Waals surface area contributed by atoms with Gasteiger partial charge < -0.3 is 39.7 Å². The minimum atomic E-state index is -1.36. The minimum Gasteiger partial charge on any atom is -0.497 e. The zero-order chi connectivity index (χ0) is 30.8. The largest absolute Gasteiger partial charge is 0.497 e. The van der Waals surface area contributed by atoms with Crippen molar-refractivity contribution < 1.29 is 29.2 Å². The van der Waals surface area contributed by atoms with Gasteiger partial charge in [-0.15, -0.1) is 16.5 Å². The molecule has 1 aliphatic heterocycles. The Morgan fingerprint density at radius 3 is 2.05 bits per heavy atom. The molecule has 0 bridgehead atoms. The number of aliphatic hydroxyl groups is 2. The van der Waals surface area contributed by atoms with Crippen molar-refractivity contribution in [3.63, 3.8) is 0 Å². The van der Waals surface area contributed by atoms with Crippen LogP contribution >= 0.6 is 0 Å². The molecule has 2 aromatic heterocycles. The van der Waals surface area contributed by atoms with Gasteiger partial charge >= 0.3 is 5.95 Å². The Balaban J connectivity index is 1.39. The van der Waals surface area contributed by atoms with Gasteiger partial charge in [-0.25, -0.2) is 4.98 Å². The van der Waals surface area contributed by atoms with Crippen LogP contribution in [0.4, 0.5) is 11.8 Å². The van der Waals surface area contributed by atoms with E-state index in [0.717, 1.165) is 16.7 Å². The van der Waals surface area contributed by atoms with E-state index in [2.05, 4.69) is 19.8 Å². The highest BCUT2D eigenvalue weighted by molar-refractivity contribution is 5.83. The average molecular weight is 595 g/mol. The third kappa shape index (κ3) is 4.97. The molecule has 1 saturated heterocycles. The quantitative estimate of drug-likeness (QED) is 0.171. The standard InChI is InChI=1S/C32H30N6O6/c1-34-31-36-28(33)25-29(37-31)38(18-35-25)30-27(40)26(39)24(44-30)17-43-32(19-7-5-4-6-8-19,20-9-13-22(41-2)14-10-20)21-11-15-23(42-3)16-12-21/h4-16,18,24,26-27,30,39-40H,17H2,2-3H3,(H2,33,36,37)/t24-,26-,27-,30-/m1/s1. The molecule has 5 aromatic rings. The molecule has 1 aliphatic rings. The van der Waals surface area contributed by atoms with E-state index in [1.165, 1.54) is 10.9 Å². The summed E-state index contributed by atoms with van der Waals surface area (Å²) in [4.78, 5) is 15.6. The summed E-state index contributed by atoms with van der Waals surface area (Å²) in [7, 11) is 3.21. The summed E-state index contributed by atoms with van der Waals surface area (Å²) in [6.07, 6.45) is -3.33. The highest BCUT2D eigenvalue weighted by atomic mass is 16.6. The minimum absolute atomic E-state index is 0.0271. The first-order valence-electron chi connectivity index (χ1n) is 13.8. The maximum absolute atomic E-state index is 11.2. The normalized spacial score (nSPS) is 20.0. The summed E-state index contributed by atoms with van der Waals surface area (Å²) in [5, 5.41) is 22.3. The first kappa shape index (κ1) is 29.0. The van der Waals surface area contributed by atoms with E-state index in [-0.39, 0.29) is 29.5 Å². The molecule has 12 nitrogen and oxygen atoms in total. The Kier molecular flexibility index (Phi) is 7.86. The van der Waals surface area contributed by atoms with Crippen molar-refractivity contribution in [2.24, 2.45) is 0 Å². The molecule has 0 saturated carbocycles. The number of nitrogens with two attached hydrogens (primary N) is 1. The van der Waals surface area contributed by atoms with Crippen LogP contribution in [0.5, 0.6) is 11.5 Å². The van der Waals surface area contributed by atoms with Crippen LogP contribution < -0.4 is 15.2 Å². The number of hydrogen-bond donors (Lipinski definition) is 3. The third-order valence-electron chi connectivity index (χ3n) is 7.79. The molecular formula is C32H30N6O6. The second kappa shape index (κ2) is 11.9. The van der Waals surface area contributed by atoms with Gasteiger partial charge in [0.1, 0.15) is 41.7 Å². The van der Waals surface area contributed by atoms with Crippen LogP contribution in [0.3, 0.4) is 0 Å². The Morgan fingerprint density at radius 2 is 1.48 bits per heavy atom. The Bertz CT molecular complexity index is 1740. The SMILES string of the molecule is [C-]#[N+]c1nc(N)c2ncn([C@@H]3O[C@H](COC(c4ccccc4)(c4ccc(OC)cc4)c4ccc(OC)cc4)[C@@H](O)[C@H]3O)c2n1. The predicted molar refractivity (Wildman–Crippen MR) is 160 cm³/mol. The van der Waals surface area contributed by atoms with E-state index in [1.54, 1.807) is 14.2 Å². The van der Waals surface area contributed by atoms with Crippen molar-refractivity contribution in [3.8, 4) is 11.5 Å². The number of nitrogen functional groups attached to an aromatic ring is 1. The monoisotopic (exact) mass is 594 g/mol. The van der Waals surface area contributed by atoms with Gasteiger partial charge in [0.15, 0.2) is 11.7 Å². The molecule has 0 amide bonds. The Labute approximate surface area is 253 Å². The van der Waals surface area contributed by atoms with Crippen LogP contribution in [-0.4, -0.2) is 68.9 Å². The zero-order valence-corrected chi connectivity index (χ0v) is 23.9. The van der Waals surface area contributed by atoms with Crippen LogP contribution in [0.2, 0.25) is 0 Å². The molecular weight excluding hydrogens is 564 g/mol. The molecule has 0 spiro atoms. The van der Waals surface area contributed by atoms with Gasteiger partial charge in [-0.1, -0.05) is 54.6 Å². The molecule has 4 N–H and O–H groups in total. The molecule has 12 heteroatoms. The number of ether oxygens (including phenoxy) is 4. The number of aliphatic hydroxyl groups excluding tert-OH is 2. The summed E-state index contributed by atoms with van der Waals surface area (Å²) in [6.45, 7) is 7.18. The van der Waals surface area contributed by atoms with E-state index in [1.807, 2.05) is 78.9 Å². The van der Waals surface area contributed by atoms with Crippen molar-refractivity contribution >= 4 is 22.9 Å². The van der Waals surface area contributed by atoms with Crippen LogP contribution in [0.1, 0.15) is 22.9 Å². The summed E-state index contributed by atoms with van der Waals surface area (Å²) in [6, 6.07) is 24.8. The fourth-order valence-corrected chi connectivity index (χ4v) is 5.54. The average Bonchev–Trinajstić information content (AvgIpc) is 3.62. The lowest BCUT2D eigenvalue weighted by atomic mass is 9.80. The smallest absolute Gasteiger partial charge is 0.375 e. The zero-order valence-electron chi connectivity index (χ0n) is 23.9. The number of hydrogen-bond acceptors (Lipinski definition) is 10. The molecule has 44 heavy (non-hydrogen) atoms. The summed E-state index contributed by atoms with van der Waals surface area (Å²) >= 11 is 0. The first-order chi connectivity index (χ1) is 21.4.